The quantitative estimate of drug-likeness (QED) is 0.327. The third kappa shape index (κ3) is 7.86. The molecule has 2 amide bonds. The second-order valence-corrected chi connectivity index (χ2v) is 7.93. The molecule has 7 nitrogen and oxygen atoms in total. The first-order valence-corrected chi connectivity index (χ1v) is 11.0. The van der Waals surface area contributed by atoms with E-state index in [1.165, 1.54) is 24.3 Å². The molecule has 0 radical (unpaired) electrons. The Bertz CT molecular complexity index is 1180. The van der Waals surface area contributed by atoms with Gasteiger partial charge >= 0.3 is 12.1 Å². The summed E-state index contributed by atoms with van der Waals surface area (Å²) in [6.07, 6.45) is -4.37. The zero-order valence-corrected chi connectivity index (χ0v) is 19.0. The molecule has 0 bridgehead atoms. The number of aliphatic carboxylic acids is 1. The van der Waals surface area contributed by atoms with Gasteiger partial charge in [-0.05, 0) is 54.1 Å². The average molecular weight is 499 g/mol. The van der Waals surface area contributed by atoms with Crippen LogP contribution in [-0.2, 0) is 22.2 Å². The molecule has 3 rings (SSSR count). The SMILES string of the molecule is O=C(O)CCNC(=O)c1ccc(NC(Cc2ccccc2)C(=O)Nc2ccc(C(F)(F)F)cc2)cc1. The minimum absolute atomic E-state index is 0.00254. The number of carboxylic acids is 1. The van der Waals surface area contributed by atoms with Crippen LogP contribution in [0.5, 0.6) is 0 Å². The smallest absolute Gasteiger partial charge is 0.416 e. The molecule has 0 spiro atoms. The highest BCUT2D eigenvalue weighted by Crippen LogP contribution is 2.30. The maximum Gasteiger partial charge on any atom is 0.416 e. The molecule has 188 valence electrons. The summed E-state index contributed by atoms with van der Waals surface area (Å²) < 4.78 is 38.5. The van der Waals surface area contributed by atoms with Crippen molar-refractivity contribution in [2.24, 2.45) is 0 Å². The number of hydrogen-bond acceptors (Lipinski definition) is 4. The second-order valence-electron chi connectivity index (χ2n) is 7.93. The van der Waals surface area contributed by atoms with Crippen LogP contribution in [0, 0.1) is 0 Å². The largest absolute Gasteiger partial charge is 0.481 e. The van der Waals surface area contributed by atoms with Crippen LogP contribution in [-0.4, -0.2) is 35.5 Å². The second kappa shape index (κ2) is 11.9. The predicted molar refractivity (Wildman–Crippen MR) is 129 cm³/mol. The lowest BCUT2D eigenvalue weighted by Gasteiger charge is -2.20. The number of carbonyl (C=O) groups excluding carboxylic acids is 2. The van der Waals surface area contributed by atoms with Gasteiger partial charge in [0.25, 0.3) is 5.91 Å². The van der Waals surface area contributed by atoms with Crippen LogP contribution in [0.15, 0.2) is 78.9 Å². The highest BCUT2D eigenvalue weighted by atomic mass is 19.4. The number of hydrogen-bond donors (Lipinski definition) is 4. The van der Waals surface area contributed by atoms with Crippen molar-refractivity contribution in [1.82, 2.24) is 5.32 Å². The highest BCUT2D eigenvalue weighted by molar-refractivity contribution is 5.97. The zero-order valence-electron chi connectivity index (χ0n) is 19.0. The first kappa shape index (κ1) is 26.3. The number of carboxylic acid groups (broad SMARTS) is 1. The number of rotatable bonds is 10. The monoisotopic (exact) mass is 499 g/mol. The molecule has 0 heterocycles. The van der Waals surface area contributed by atoms with Crippen molar-refractivity contribution in [2.45, 2.75) is 25.1 Å². The van der Waals surface area contributed by atoms with Crippen molar-refractivity contribution < 1.29 is 32.7 Å². The molecule has 0 saturated heterocycles. The van der Waals surface area contributed by atoms with Gasteiger partial charge in [-0.25, -0.2) is 0 Å². The number of benzene rings is 3. The van der Waals surface area contributed by atoms with Crippen molar-refractivity contribution in [1.29, 1.82) is 0 Å². The fourth-order valence-electron chi connectivity index (χ4n) is 3.34. The number of amides is 2. The molecule has 0 saturated carbocycles. The van der Waals surface area contributed by atoms with E-state index in [-0.39, 0.29) is 18.7 Å². The topological polar surface area (TPSA) is 108 Å². The Hall–Kier alpha value is -4.34. The van der Waals surface area contributed by atoms with Crippen LogP contribution in [0.4, 0.5) is 24.5 Å². The predicted octanol–water partition coefficient (Wildman–Crippen LogP) is 4.57. The summed E-state index contributed by atoms with van der Waals surface area (Å²) in [6.45, 7) is -0.00254. The van der Waals surface area contributed by atoms with E-state index < -0.39 is 35.6 Å². The van der Waals surface area contributed by atoms with Gasteiger partial charge in [0.15, 0.2) is 0 Å². The van der Waals surface area contributed by atoms with E-state index in [1.54, 1.807) is 12.1 Å². The van der Waals surface area contributed by atoms with Crippen molar-refractivity contribution in [3.63, 3.8) is 0 Å². The third-order valence-corrected chi connectivity index (χ3v) is 5.19. The Labute approximate surface area is 205 Å². The summed E-state index contributed by atoms with van der Waals surface area (Å²) in [5.41, 5.74) is 1.14. The summed E-state index contributed by atoms with van der Waals surface area (Å²) >= 11 is 0. The lowest BCUT2D eigenvalue weighted by molar-refractivity contribution is -0.138. The molecule has 10 heteroatoms. The fourth-order valence-corrected chi connectivity index (χ4v) is 3.34. The van der Waals surface area contributed by atoms with Gasteiger partial charge < -0.3 is 21.1 Å². The number of nitrogens with one attached hydrogen (secondary N) is 3. The molecule has 0 fully saturated rings. The molecule has 1 unspecified atom stereocenters. The first-order chi connectivity index (χ1) is 17.1. The number of carbonyl (C=O) groups is 3. The fraction of sp³-hybridized carbons (Fsp3) is 0.192. The number of anilines is 2. The molecule has 0 aromatic heterocycles. The summed E-state index contributed by atoms with van der Waals surface area (Å²) in [6, 6.07) is 18.9. The van der Waals surface area contributed by atoms with Gasteiger partial charge in [-0.2, -0.15) is 13.2 Å². The van der Waals surface area contributed by atoms with Crippen LogP contribution in [0.25, 0.3) is 0 Å². The molecule has 36 heavy (non-hydrogen) atoms. The average Bonchev–Trinajstić information content (AvgIpc) is 2.84. The summed E-state index contributed by atoms with van der Waals surface area (Å²) in [5, 5.41) is 16.9. The molecule has 0 aliphatic carbocycles. The Morgan fingerprint density at radius 3 is 2.03 bits per heavy atom. The van der Waals surface area contributed by atoms with Crippen molar-refractivity contribution in [3.05, 3.63) is 95.6 Å². The molecule has 3 aromatic rings. The van der Waals surface area contributed by atoms with Crippen LogP contribution < -0.4 is 16.0 Å². The van der Waals surface area contributed by atoms with E-state index in [0.717, 1.165) is 17.7 Å². The molecular weight excluding hydrogens is 475 g/mol. The van der Waals surface area contributed by atoms with Gasteiger partial charge in [0.05, 0.1) is 12.0 Å². The summed E-state index contributed by atoms with van der Waals surface area (Å²) in [4.78, 5) is 35.8. The van der Waals surface area contributed by atoms with Gasteiger partial charge in [-0.15, -0.1) is 0 Å². The minimum atomic E-state index is -4.47. The van der Waals surface area contributed by atoms with Crippen LogP contribution in [0.3, 0.4) is 0 Å². The van der Waals surface area contributed by atoms with Crippen LogP contribution >= 0.6 is 0 Å². The molecule has 0 aliphatic heterocycles. The van der Waals surface area contributed by atoms with Gasteiger partial charge in [-0.3, -0.25) is 14.4 Å². The zero-order chi connectivity index (χ0) is 26.1. The maximum absolute atomic E-state index is 13.0. The Balaban J connectivity index is 1.71. The van der Waals surface area contributed by atoms with E-state index in [0.29, 0.717) is 17.7 Å². The molecule has 3 aromatic carbocycles. The lowest BCUT2D eigenvalue weighted by Crippen LogP contribution is -2.36. The van der Waals surface area contributed by atoms with E-state index in [2.05, 4.69) is 16.0 Å². The molecule has 0 aliphatic rings. The summed E-state index contributed by atoms with van der Waals surface area (Å²) in [7, 11) is 0. The number of halogens is 3. The highest BCUT2D eigenvalue weighted by Gasteiger charge is 2.30. The first-order valence-electron chi connectivity index (χ1n) is 11.0. The van der Waals surface area contributed by atoms with E-state index in [1.807, 2.05) is 30.3 Å². The van der Waals surface area contributed by atoms with Crippen molar-refractivity contribution >= 4 is 29.2 Å². The van der Waals surface area contributed by atoms with Gasteiger partial charge in [0, 0.05) is 29.9 Å². The Kier molecular flexibility index (Phi) is 8.66. The lowest BCUT2D eigenvalue weighted by atomic mass is 10.0. The van der Waals surface area contributed by atoms with Gasteiger partial charge in [-0.1, -0.05) is 30.3 Å². The van der Waals surface area contributed by atoms with Crippen molar-refractivity contribution in [3.8, 4) is 0 Å². The minimum Gasteiger partial charge on any atom is -0.481 e. The van der Waals surface area contributed by atoms with Crippen LogP contribution in [0.1, 0.15) is 27.9 Å². The van der Waals surface area contributed by atoms with Gasteiger partial charge in [0.2, 0.25) is 5.91 Å². The van der Waals surface area contributed by atoms with E-state index >= 15 is 0 Å². The van der Waals surface area contributed by atoms with E-state index in [4.69, 9.17) is 5.11 Å². The number of alkyl halides is 3. The third-order valence-electron chi connectivity index (χ3n) is 5.19. The molecule has 4 N–H and O–H groups in total. The molecule has 1 atom stereocenters. The Morgan fingerprint density at radius 1 is 0.833 bits per heavy atom. The summed E-state index contributed by atoms with van der Waals surface area (Å²) in [5.74, 6) is -1.90. The van der Waals surface area contributed by atoms with Crippen molar-refractivity contribution in [2.75, 3.05) is 17.2 Å². The van der Waals surface area contributed by atoms with Crippen LogP contribution in [0.2, 0.25) is 0 Å². The standard InChI is InChI=1S/C26H24F3N3O4/c27-26(28,29)19-8-12-21(13-9-19)32-25(36)22(16-17-4-2-1-3-5-17)31-20-10-6-18(7-11-20)24(35)30-15-14-23(33)34/h1-13,22,31H,14-16H2,(H,30,35)(H,32,36)(H,33,34). The van der Waals surface area contributed by atoms with E-state index in [9.17, 15) is 27.6 Å². The molecular formula is C26H24F3N3O4. The van der Waals surface area contributed by atoms with Gasteiger partial charge in [0.1, 0.15) is 6.04 Å². The Morgan fingerprint density at radius 2 is 1.44 bits per heavy atom. The normalized spacial score (nSPS) is 11.9. The maximum atomic E-state index is 13.0.